The summed E-state index contributed by atoms with van der Waals surface area (Å²) in [6.45, 7) is 4.76. The van der Waals surface area contributed by atoms with Gasteiger partial charge in [0.1, 0.15) is 0 Å². The van der Waals surface area contributed by atoms with Gasteiger partial charge in [-0.15, -0.1) is 12.6 Å². The Morgan fingerprint density at radius 3 is 2.55 bits per heavy atom. The van der Waals surface area contributed by atoms with Crippen molar-refractivity contribution in [2.24, 2.45) is 0 Å². The topological polar surface area (TPSA) is 26.3 Å². The number of hydrogen-bond donors (Lipinski definition) is 1. The van der Waals surface area contributed by atoms with Gasteiger partial charge in [0.05, 0.1) is 6.10 Å². The molecule has 0 heterocycles. The van der Waals surface area contributed by atoms with E-state index in [0.717, 1.165) is 19.4 Å². The Bertz CT molecular complexity index is 113. The number of unbranched alkanes of at least 4 members (excludes halogenated alkanes) is 1. The van der Waals surface area contributed by atoms with Crippen LogP contribution in [-0.4, -0.2) is 17.8 Å². The van der Waals surface area contributed by atoms with E-state index in [1.807, 2.05) is 13.8 Å². The van der Waals surface area contributed by atoms with Gasteiger partial charge in [0, 0.05) is 13.0 Å². The molecule has 0 saturated carbocycles. The predicted molar refractivity (Wildman–Crippen MR) is 48.9 cm³/mol. The highest BCUT2D eigenvalue weighted by molar-refractivity contribution is 7.96. The first-order chi connectivity index (χ1) is 5.13. The van der Waals surface area contributed by atoms with Gasteiger partial charge in [0.25, 0.3) is 0 Å². The summed E-state index contributed by atoms with van der Waals surface area (Å²) in [6.07, 6.45) is 2.69. The molecule has 0 bridgehead atoms. The largest absolute Gasteiger partial charge is 0.379 e. The number of thiol groups is 1. The number of hydrogen-bond acceptors (Lipinski definition) is 2. The lowest BCUT2D eigenvalue weighted by Gasteiger charge is -2.05. The zero-order valence-electron chi connectivity index (χ0n) is 7.17. The molecule has 0 unspecified atom stereocenters. The molecule has 0 radical (unpaired) electrons. The predicted octanol–water partition coefficient (Wildman–Crippen LogP) is 2.04. The maximum absolute atomic E-state index is 10.4. The van der Waals surface area contributed by atoms with E-state index in [2.05, 4.69) is 12.6 Å². The third-order valence-corrected chi connectivity index (χ3v) is 1.46. The van der Waals surface area contributed by atoms with Gasteiger partial charge in [-0.3, -0.25) is 4.79 Å². The molecule has 11 heavy (non-hydrogen) atoms. The quantitative estimate of drug-likeness (QED) is 0.495. The fourth-order valence-corrected chi connectivity index (χ4v) is 0.855. The lowest BCUT2D eigenvalue weighted by Crippen LogP contribution is -2.03. The van der Waals surface area contributed by atoms with Gasteiger partial charge in [-0.25, -0.2) is 0 Å². The van der Waals surface area contributed by atoms with E-state index in [0.29, 0.717) is 12.5 Å². The molecule has 0 aliphatic heterocycles. The molecule has 0 amide bonds. The molecule has 0 aliphatic rings. The molecule has 0 aliphatic carbocycles. The van der Waals surface area contributed by atoms with Gasteiger partial charge in [0.15, 0.2) is 5.12 Å². The molecule has 0 fully saturated rings. The second-order valence-corrected chi connectivity index (χ2v) is 3.27. The summed E-state index contributed by atoms with van der Waals surface area (Å²) >= 11 is 3.66. The van der Waals surface area contributed by atoms with Crippen molar-refractivity contribution in [2.75, 3.05) is 6.61 Å². The van der Waals surface area contributed by atoms with Crippen LogP contribution in [0.4, 0.5) is 0 Å². The van der Waals surface area contributed by atoms with E-state index in [-0.39, 0.29) is 5.12 Å². The molecule has 0 saturated heterocycles. The molecule has 3 heteroatoms. The van der Waals surface area contributed by atoms with Crippen LogP contribution >= 0.6 is 12.6 Å². The van der Waals surface area contributed by atoms with Gasteiger partial charge in [-0.1, -0.05) is 0 Å². The standard InChI is InChI=1S/C8H16O2S/c1-7(2)10-6-4-3-5-8(9)11/h7H,3-6H2,1-2H3,(H,9,11). The van der Waals surface area contributed by atoms with Gasteiger partial charge in [-0.05, 0) is 26.7 Å². The van der Waals surface area contributed by atoms with E-state index in [1.54, 1.807) is 0 Å². The maximum Gasteiger partial charge on any atom is 0.185 e. The van der Waals surface area contributed by atoms with Crippen LogP contribution in [0.1, 0.15) is 33.1 Å². The van der Waals surface area contributed by atoms with Crippen molar-refractivity contribution < 1.29 is 9.53 Å². The summed E-state index contributed by atoms with van der Waals surface area (Å²) in [4.78, 5) is 10.4. The molecule has 66 valence electrons. The van der Waals surface area contributed by atoms with E-state index in [4.69, 9.17) is 4.74 Å². The highest BCUT2D eigenvalue weighted by Gasteiger charge is 1.95. The summed E-state index contributed by atoms with van der Waals surface area (Å²) in [7, 11) is 0. The second-order valence-electron chi connectivity index (χ2n) is 2.77. The number of carbonyl (C=O) groups is 1. The first-order valence-corrected chi connectivity index (χ1v) is 4.41. The Morgan fingerprint density at radius 1 is 1.45 bits per heavy atom. The first kappa shape index (κ1) is 11.0. The van der Waals surface area contributed by atoms with Crippen molar-refractivity contribution in [1.82, 2.24) is 0 Å². The van der Waals surface area contributed by atoms with Crippen molar-refractivity contribution in [2.45, 2.75) is 39.2 Å². The molecular weight excluding hydrogens is 160 g/mol. The number of rotatable bonds is 6. The van der Waals surface area contributed by atoms with Crippen LogP contribution in [0.5, 0.6) is 0 Å². The number of ether oxygens (including phenoxy) is 1. The van der Waals surface area contributed by atoms with Crippen LogP contribution in [0.25, 0.3) is 0 Å². The van der Waals surface area contributed by atoms with Crippen LogP contribution < -0.4 is 0 Å². The molecular formula is C8H16O2S. The van der Waals surface area contributed by atoms with Gasteiger partial charge in [0.2, 0.25) is 0 Å². The fourth-order valence-electron chi connectivity index (χ4n) is 0.697. The lowest BCUT2D eigenvalue weighted by molar-refractivity contribution is -0.110. The number of carbonyl (C=O) groups excluding carboxylic acids is 1. The van der Waals surface area contributed by atoms with Crippen molar-refractivity contribution in [1.29, 1.82) is 0 Å². The van der Waals surface area contributed by atoms with E-state index >= 15 is 0 Å². The molecule has 0 aromatic heterocycles. The van der Waals surface area contributed by atoms with Crippen molar-refractivity contribution in [3.8, 4) is 0 Å². The van der Waals surface area contributed by atoms with Crippen LogP contribution in [0.15, 0.2) is 0 Å². The van der Waals surface area contributed by atoms with Crippen LogP contribution in [0.3, 0.4) is 0 Å². The normalized spacial score (nSPS) is 10.5. The first-order valence-electron chi connectivity index (χ1n) is 3.96. The van der Waals surface area contributed by atoms with E-state index in [9.17, 15) is 4.79 Å². The fraction of sp³-hybridized carbons (Fsp3) is 0.875. The zero-order valence-corrected chi connectivity index (χ0v) is 8.06. The third-order valence-electron chi connectivity index (χ3n) is 1.24. The zero-order chi connectivity index (χ0) is 8.69. The van der Waals surface area contributed by atoms with Gasteiger partial charge >= 0.3 is 0 Å². The van der Waals surface area contributed by atoms with E-state index < -0.39 is 0 Å². The van der Waals surface area contributed by atoms with E-state index in [1.165, 1.54) is 0 Å². The highest BCUT2D eigenvalue weighted by Crippen LogP contribution is 2.00. The molecule has 0 aromatic rings. The van der Waals surface area contributed by atoms with Crippen molar-refractivity contribution >= 4 is 17.7 Å². The highest BCUT2D eigenvalue weighted by atomic mass is 32.1. The van der Waals surface area contributed by atoms with Crippen LogP contribution in [-0.2, 0) is 9.53 Å². The smallest absolute Gasteiger partial charge is 0.185 e. The Kier molecular flexibility index (Phi) is 6.66. The SMILES string of the molecule is CC(C)OCCCCC(=O)S. The Hall–Kier alpha value is -0.0200. The molecule has 0 aromatic carbocycles. The molecule has 0 spiro atoms. The average Bonchev–Trinajstić information content (AvgIpc) is 1.85. The average molecular weight is 176 g/mol. The van der Waals surface area contributed by atoms with Crippen LogP contribution in [0.2, 0.25) is 0 Å². The minimum Gasteiger partial charge on any atom is -0.379 e. The van der Waals surface area contributed by atoms with Gasteiger partial charge in [-0.2, -0.15) is 0 Å². The Balaban J connectivity index is 2.97. The Morgan fingerprint density at radius 2 is 2.09 bits per heavy atom. The molecule has 0 N–H and O–H groups in total. The lowest BCUT2D eigenvalue weighted by atomic mass is 10.2. The summed E-state index contributed by atoms with van der Waals surface area (Å²) in [6, 6.07) is 0. The summed E-state index contributed by atoms with van der Waals surface area (Å²) in [5, 5.41) is -0.0328. The minimum atomic E-state index is -0.0328. The molecule has 2 nitrogen and oxygen atoms in total. The Labute approximate surface area is 73.7 Å². The van der Waals surface area contributed by atoms with Gasteiger partial charge < -0.3 is 4.74 Å². The second kappa shape index (κ2) is 6.68. The summed E-state index contributed by atoms with van der Waals surface area (Å²) in [5.74, 6) is 0. The van der Waals surface area contributed by atoms with Crippen LogP contribution in [0, 0.1) is 0 Å². The summed E-state index contributed by atoms with van der Waals surface area (Å²) in [5.41, 5.74) is 0. The summed E-state index contributed by atoms with van der Waals surface area (Å²) < 4.78 is 5.29. The maximum atomic E-state index is 10.4. The third kappa shape index (κ3) is 9.98. The molecule has 0 rings (SSSR count). The minimum absolute atomic E-state index is 0.0328. The van der Waals surface area contributed by atoms with Crippen molar-refractivity contribution in [3.63, 3.8) is 0 Å². The van der Waals surface area contributed by atoms with Crippen molar-refractivity contribution in [3.05, 3.63) is 0 Å². The monoisotopic (exact) mass is 176 g/mol. The molecule has 0 atom stereocenters.